The van der Waals surface area contributed by atoms with E-state index in [2.05, 4.69) is 14.8 Å². The Morgan fingerprint density at radius 1 is 0.905 bits per heavy atom. The summed E-state index contributed by atoms with van der Waals surface area (Å²) >= 11 is 0. The summed E-state index contributed by atoms with van der Waals surface area (Å²) in [5, 5.41) is 4.09. The average molecular weight is 300 g/mol. The number of sulfonamides is 1. The van der Waals surface area contributed by atoms with Crippen molar-refractivity contribution in [2.75, 3.05) is 4.72 Å². The molecule has 6 nitrogen and oxygen atoms in total. The molecule has 0 saturated carbocycles. The van der Waals surface area contributed by atoms with Crippen LogP contribution in [0.1, 0.15) is 0 Å². The molecule has 0 unspecified atom stereocenters. The van der Waals surface area contributed by atoms with Gasteiger partial charge >= 0.3 is 0 Å². The summed E-state index contributed by atoms with van der Waals surface area (Å²) in [6.07, 6.45) is 3.13. The Labute approximate surface area is 122 Å². The van der Waals surface area contributed by atoms with E-state index < -0.39 is 10.0 Å². The van der Waals surface area contributed by atoms with Crippen LogP contribution in [0.25, 0.3) is 5.82 Å². The summed E-state index contributed by atoms with van der Waals surface area (Å²) in [7, 11) is -3.65. The Bertz CT molecular complexity index is 830. The van der Waals surface area contributed by atoms with E-state index in [0.717, 1.165) is 0 Å². The molecule has 106 valence electrons. The van der Waals surface area contributed by atoms with E-state index in [0.29, 0.717) is 11.6 Å². The fraction of sp³-hybridized carbons (Fsp3) is 0. The molecule has 1 N–H and O–H groups in total. The molecule has 0 aliphatic heterocycles. The van der Waals surface area contributed by atoms with Crippen LogP contribution >= 0.6 is 0 Å². The van der Waals surface area contributed by atoms with Gasteiger partial charge in [-0.2, -0.15) is 9.78 Å². The SMILES string of the molecule is O=S(=O)(Nc1ccnn1-c1ccccn1)c1ccccc1. The van der Waals surface area contributed by atoms with Gasteiger partial charge in [0.25, 0.3) is 10.0 Å². The minimum atomic E-state index is -3.65. The van der Waals surface area contributed by atoms with E-state index in [4.69, 9.17) is 0 Å². The van der Waals surface area contributed by atoms with Crippen LogP contribution in [-0.2, 0) is 10.0 Å². The van der Waals surface area contributed by atoms with Gasteiger partial charge in [-0.05, 0) is 24.3 Å². The Hall–Kier alpha value is -2.67. The van der Waals surface area contributed by atoms with Crippen molar-refractivity contribution in [1.82, 2.24) is 14.8 Å². The van der Waals surface area contributed by atoms with Gasteiger partial charge in [-0.1, -0.05) is 24.3 Å². The number of nitrogens with one attached hydrogen (secondary N) is 1. The number of benzene rings is 1. The van der Waals surface area contributed by atoms with Crippen LogP contribution in [0.5, 0.6) is 0 Å². The summed E-state index contributed by atoms with van der Waals surface area (Å²) in [5.41, 5.74) is 0. The second kappa shape index (κ2) is 5.37. The molecular weight excluding hydrogens is 288 g/mol. The van der Waals surface area contributed by atoms with Crippen LogP contribution in [0, 0.1) is 0 Å². The predicted octanol–water partition coefficient (Wildman–Crippen LogP) is 2.07. The van der Waals surface area contributed by atoms with Crippen LogP contribution in [0.3, 0.4) is 0 Å². The van der Waals surface area contributed by atoms with Gasteiger partial charge < -0.3 is 0 Å². The zero-order valence-corrected chi connectivity index (χ0v) is 11.7. The standard InChI is InChI=1S/C14H12N4O2S/c19-21(20,12-6-2-1-3-7-12)17-14-9-11-16-18(14)13-8-4-5-10-15-13/h1-11,17H. The first kappa shape index (κ1) is 13.3. The van der Waals surface area contributed by atoms with Crippen molar-refractivity contribution in [3.05, 3.63) is 67.0 Å². The molecule has 7 heteroatoms. The van der Waals surface area contributed by atoms with E-state index in [1.54, 1.807) is 48.7 Å². The van der Waals surface area contributed by atoms with Crippen LogP contribution in [-0.4, -0.2) is 23.2 Å². The van der Waals surface area contributed by atoms with E-state index in [9.17, 15) is 8.42 Å². The second-order valence-electron chi connectivity index (χ2n) is 4.23. The lowest BCUT2D eigenvalue weighted by atomic mass is 10.4. The van der Waals surface area contributed by atoms with Gasteiger partial charge in [0.2, 0.25) is 0 Å². The summed E-state index contributed by atoms with van der Waals surface area (Å²) < 4.78 is 28.6. The van der Waals surface area contributed by atoms with Gasteiger partial charge in [-0.25, -0.2) is 13.4 Å². The summed E-state index contributed by atoms with van der Waals surface area (Å²) in [4.78, 5) is 4.34. The molecule has 0 fully saturated rings. The molecule has 3 aromatic rings. The average Bonchev–Trinajstić information content (AvgIpc) is 2.96. The quantitative estimate of drug-likeness (QED) is 0.800. The normalized spacial score (nSPS) is 11.2. The van der Waals surface area contributed by atoms with Gasteiger partial charge in [0.15, 0.2) is 5.82 Å². The Morgan fingerprint density at radius 3 is 2.38 bits per heavy atom. The molecule has 2 heterocycles. The number of rotatable bonds is 4. The first-order chi connectivity index (χ1) is 10.2. The van der Waals surface area contributed by atoms with Crippen LogP contribution in [0.2, 0.25) is 0 Å². The monoisotopic (exact) mass is 300 g/mol. The molecule has 21 heavy (non-hydrogen) atoms. The summed E-state index contributed by atoms with van der Waals surface area (Å²) in [6, 6.07) is 15.1. The van der Waals surface area contributed by atoms with E-state index in [1.165, 1.54) is 23.0 Å². The minimum Gasteiger partial charge on any atom is -0.263 e. The Balaban J connectivity index is 1.96. The van der Waals surface area contributed by atoms with Crippen molar-refractivity contribution in [2.24, 2.45) is 0 Å². The maximum absolute atomic E-state index is 12.3. The van der Waals surface area contributed by atoms with Crippen molar-refractivity contribution < 1.29 is 8.42 Å². The smallest absolute Gasteiger partial charge is 0.263 e. The zero-order chi connectivity index (χ0) is 14.7. The second-order valence-corrected chi connectivity index (χ2v) is 5.92. The van der Waals surface area contributed by atoms with Crippen molar-refractivity contribution in [3.63, 3.8) is 0 Å². The Morgan fingerprint density at radius 2 is 1.67 bits per heavy atom. The minimum absolute atomic E-state index is 0.193. The third-order valence-electron chi connectivity index (χ3n) is 2.80. The lowest BCUT2D eigenvalue weighted by Gasteiger charge is -2.09. The van der Waals surface area contributed by atoms with Gasteiger partial charge in [0.05, 0.1) is 11.1 Å². The molecule has 3 rings (SSSR count). The first-order valence-corrected chi connectivity index (χ1v) is 7.68. The summed E-state index contributed by atoms with van der Waals surface area (Å²) in [5.74, 6) is 0.866. The molecule has 2 aromatic heterocycles. The van der Waals surface area contributed by atoms with Gasteiger partial charge in [-0.15, -0.1) is 0 Å². The number of hydrogen-bond donors (Lipinski definition) is 1. The van der Waals surface area contributed by atoms with Gasteiger partial charge in [-0.3, -0.25) is 4.72 Å². The molecule has 0 aliphatic carbocycles. The molecule has 0 spiro atoms. The molecule has 0 amide bonds. The predicted molar refractivity (Wildman–Crippen MR) is 78.6 cm³/mol. The molecule has 0 radical (unpaired) electrons. The van der Waals surface area contributed by atoms with E-state index in [-0.39, 0.29) is 4.90 Å². The fourth-order valence-electron chi connectivity index (χ4n) is 1.84. The molecule has 1 aromatic carbocycles. The Kier molecular flexibility index (Phi) is 3.41. The number of pyridine rings is 1. The lowest BCUT2D eigenvalue weighted by molar-refractivity contribution is 0.600. The van der Waals surface area contributed by atoms with Crippen molar-refractivity contribution in [1.29, 1.82) is 0 Å². The first-order valence-electron chi connectivity index (χ1n) is 6.20. The third-order valence-corrected chi connectivity index (χ3v) is 4.17. The van der Waals surface area contributed by atoms with Crippen LogP contribution in [0.4, 0.5) is 5.82 Å². The largest absolute Gasteiger partial charge is 0.263 e. The number of anilines is 1. The van der Waals surface area contributed by atoms with Gasteiger partial charge in [0, 0.05) is 12.3 Å². The maximum Gasteiger partial charge on any atom is 0.263 e. The highest BCUT2D eigenvalue weighted by Gasteiger charge is 2.16. The number of hydrogen-bond acceptors (Lipinski definition) is 4. The van der Waals surface area contributed by atoms with E-state index in [1.807, 2.05) is 0 Å². The number of aromatic nitrogens is 3. The zero-order valence-electron chi connectivity index (χ0n) is 10.9. The third kappa shape index (κ3) is 2.77. The van der Waals surface area contributed by atoms with Crippen LogP contribution in [0.15, 0.2) is 71.9 Å². The van der Waals surface area contributed by atoms with Crippen molar-refractivity contribution in [3.8, 4) is 5.82 Å². The molecule has 0 atom stereocenters. The summed E-state index contributed by atoms with van der Waals surface area (Å²) in [6.45, 7) is 0. The van der Waals surface area contributed by atoms with Crippen LogP contribution < -0.4 is 4.72 Å². The van der Waals surface area contributed by atoms with Crippen molar-refractivity contribution in [2.45, 2.75) is 4.90 Å². The molecule has 0 bridgehead atoms. The highest BCUT2D eigenvalue weighted by atomic mass is 32.2. The molecule has 0 aliphatic rings. The molecule has 0 saturated heterocycles. The highest BCUT2D eigenvalue weighted by Crippen LogP contribution is 2.17. The van der Waals surface area contributed by atoms with E-state index >= 15 is 0 Å². The number of nitrogens with zero attached hydrogens (tertiary/aromatic N) is 3. The van der Waals surface area contributed by atoms with Gasteiger partial charge in [0.1, 0.15) is 5.82 Å². The fourth-order valence-corrected chi connectivity index (χ4v) is 2.90. The molecular formula is C14H12N4O2S. The topological polar surface area (TPSA) is 76.9 Å². The highest BCUT2D eigenvalue weighted by molar-refractivity contribution is 7.92. The lowest BCUT2D eigenvalue weighted by Crippen LogP contribution is -2.16. The van der Waals surface area contributed by atoms with Crippen molar-refractivity contribution >= 4 is 15.8 Å². The maximum atomic E-state index is 12.3.